The van der Waals surface area contributed by atoms with Crippen LogP contribution in [0, 0.1) is 0 Å². The Bertz CT molecular complexity index is 861. The first kappa shape index (κ1) is 17.7. The molecule has 0 aromatic carbocycles. The lowest BCUT2D eigenvalue weighted by atomic mass is 9.99. The predicted molar refractivity (Wildman–Crippen MR) is 109 cm³/mol. The van der Waals surface area contributed by atoms with Gasteiger partial charge >= 0.3 is 0 Å². The lowest BCUT2D eigenvalue weighted by molar-refractivity contribution is 0.119. The molecule has 3 heterocycles. The van der Waals surface area contributed by atoms with Gasteiger partial charge in [-0.1, -0.05) is 6.08 Å². The lowest BCUT2D eigenvalue weighted by Gasteiger charge is -2.36. The second-order valence-corrected chi connectivity index (χ2v) is 8.67. The first-order valence-electron chi connectivity index (χ1n) is 10.2. The second-order valence-electron chi connectivity index (χ2n) is 8.67. The Labute approximate surface area is 165 Å². The third kappa shape index (κ3) is 3.40. The Balaban J connectivity index is 1.44. The summed E-state index contributed by atoms with van der Waals surface area (Å²) in [6, 6.07) is 3.09. The molecule has 0 amide bonds. The molecular weight excluding hydrogens is 352 g/mol. The largest absolute Gasteiger partial charge is 0.488 e. The fourth-order valence-electron chi connectivity index (χ4n) is 4.17. The molecule has 0 bridgehead atoms. The van der Waals surface area contributed by atoms with Crippen molar-refractivity contribution in [3.63, 3.8) is 0 Å². The summed E-state index contributed by atoms with van der Waals surface area (Å²) in [5, 5.41) is 3.57. The molecule has 148 valence electrons. The molecule has 3 atom stereocenters. The number of anilines is 1. The molecule has 1 unspecified atom stereocenters. The minimum Gasteiger partial charge on any atom is -0.488 e. The number of nitrogens with one attached hydrogen (secondary N) is 3. The van der Waals surface area contributed by atoms with Gasteiger partial charge in [-0.25, -0.2) is 15.4 Å². The van der Waals surface area contributed by atoms with Gasteiger partial charge in [0.25, 0.3) is 0 Å². The molecule has 1 saturated carbocycles. The molecule has 1 aromatic heterocycles. The number of hydrazine groups is 1. The van der Waals surface area contributed by atoms with Gasteiger partial charge < -0.3 is 20.4 Å². The number of rotatable bonds is 4. The third-order valence-corrected chi connectivity index (χ3v) is 5.84. The topological polar surface area (TPSA) is 74.3 Å². The Morgan fingerprint density at radius 2 is 1.96 bits per heavy atom. The molecule has 1 saturated heterocycles. The average Bonchev–Trinajstić information content (AvgIpc) is 3.24. The molecular formula is C21H28N6O. The third-order valence-electron chi connectivity index (χ3n) is 5.84. The zero-order valence-electron chi connectivity index (χ0n) is 16.7. The summed E-state index contributed by atoms with van der Waals surface area (Å²) in [7, 11) is 0. The number of aromatic nitrogens is 2. The average molecular weight is 380 g/mol. The van der Waals surface area contributed by atoms with Crippen molar-refractivity contribution in [2.75, 3.05) is 18.0 Å². The SMILES string of the molecule is C[C@@H]1CN(c2cc(C3=C4C=C(OC5(C)CC5)C=CC4NN3)ncn2)C[C@H](C)N1. The number of ether oxygens (including phenoxy) is 1. The van der Waals surface area contributed by atoms with E-state index < -0.39 is 0 Å². The molecule has 4 aliphatic rings. The highest BCUT2D eigenvalue weighted by Gasteiger charge is 2.41. The van der Waals surface area contributed by atoms with Gasteiger partial charge in [-0.05, 0) is 45.8 Å². The minimum atomic E-state index is 0.0148. The summed E-state index contributed by atoms with van der Waals surface area (Å²) in [6.07, 6.45) is 10.2. The number of fused-ring (bicyclic) bond motifs is 1. The predicted octanol–water partition coefficient (Wildman–Crippen LogP) is 1.87. The van der Waals surface area contributed by atoms with Gasteiger partial charge in [-0.2, -0.15) is 0 Å². The quantitative estimate of drug-likeness (QED) is 0.736. The van der Waals surface area contributed by atoms with E-state index in [0.717, 1.165) is 54.5 Å². The van der Waals surface area contributed by atoms with E-state index in [4.69, 9.17) is 4.74 Å². The summed E-state index contributed by atoms with van der Waals surface area (Å²) < 4.78 is 6.16. The zero-order valence-corrected chi connectivity index (χ0v) is 16.7. The highest BCUT2D eigenvalue weighted by Crippen LogP contribution is 2.42. The van der Waals surface area contributed by atoms with Crippen LogP contribution in [0.4, 0.5) is 5.82 Å². The molecule has 28 heavy (non-hydrogen) atoms. The van der Waals surface area contributed by atoms with Crippen LogP contribution in [-0.2, 0) is 4.74 Å². The Morgan fingerprint density at radius 3 is 2.71 bits per heavy atom. The minimum absolute atomic E-state index is 0.0148. The van der Waals surface area contributed by atoms with Crippen LogP contribution in [0.15, 0.2) is 42.0 Å². The summed E-state index contributed by atoms with van der Waals surface area (Å²) in [6.45, 7) is 8.48. The van der Waals surface area contributed by atoms with Crippen LogP contribution >= 0.6 is 0 Å². The molecule has 0 spiro atoms. The number of hydrogen-bond acceptors (Lipinski definition) is 7. The normalized spacial score (nSPS) is 30.6. The number of hydrogen-bond donors (Lipinski definition) is 3. The Morgan fingerprint density at radius 1 is 1.18 bits per heavy atom. The second kappa shape index (κ2) is 6.60. The van der Waals surface area contributed by atoms with E-state index in [2.05, 4.69) is 76.1 Å². The molecule has 0 radical (unpaired) electrons. The number of piperazine rings is 1. The molecule has 7 nitrogen and oxygen atoms in total. The van der Waals surface area contributed by atoms with Crippen LogP contribution in [0.25, 0.3) is 5.70 Å². The van der Waals surface area contributed by atoms with E-state index >= 15 is 0 Å². The van der Waals surface area contributed by atoms with Crippen molar-refractivity contribution in [1.82, 2.24) is 26.1 Å². The van der Waals surface area contributed by atoms with Crippen molar-refractivity contribution < 1.29 is 4.74 Å². The van der Waals surface area contributed by atoms with E-state index in [1.54, 1.807) is 6.33 Å². The van der Waals surface area contributed by atoms with Gasteiger partial charge in [0.1, 0.15) is 23.5 Å². The van der Waals surface area contributed by atoms with Crippen LogP contribution in [0.3, 0.4) is 0 Å². The van der Waals surface area contributed by atoms with Crippen LogP contribution < -0.4 is 21.1 Å². The van der Waals surface area contributed by atoms with E-state index in [1.165, 1.54) is 0 Å². The van der Waals surface area contributed by atoms with Gasteiger partial charge in [0.2, 0.25) is 0 Å². The van der Waals surface area contributed by atoms with Crippen LogP contribution in [0.2, 0.25) is 0 Å². The molecule has 3 N–H and O–H groups in total. The van der Waals surface area contributed by atoms with E-state index in [9.17, 15) is 0 Å². The highest BCUT2D eigenvalue weighted by atomic mass is 16.5. The van der Waals surface area contributed by atoms with Gasteiger partial charge in [0, 0.05) is 36.8 Å². The summed E-state index contributed by atoms with van der Waals surface area (Å²) in [5.41, 5.74) is 9.72. The lowest BCUT2D eigenvalue weighted by Crippen LogP contribution is -2.54. The molecule has 5 rings (SSSR count). The van der Waals surface area contributed by atoms with Crippen LogP contribution in [-0.4, -0.2) is 46.8 Å². The maximum atomic E-state index is 6.16. The van der Waals surface area contributed by atoms with Gasteiger partial charge in [0.05, 0.1) is 17.4 Å². The maximum absolute atomic E-state index is 6.16. The summed E-state index contributed by atoms with van der Waals surface area (Å²) in [4.78, 5) is 11.4. The van der Waals surface area contributed by atoms with Crippen LogP contribution in [0.5, 0.6) is 0 Å². The molecule has 1 aromatic rings. The van der Waals surface area contributed by atoms with Crippen molar-refractivity contribution in [2.24, 2.45) is 0 Å². The standard InChI is InChI=1S/C21H28N6O/c1-13-10-27(11-14(2)24-13)19-9-18(22-12-23-19)20-16-8-15(28-21(3)6-7-21)4-5-17(16)25-26-20/h4-5,8-9,12-14,17,24-26H,6-7,10-11H2,1-3H3/t13-,14+,17?. The van der Waals surface area contributed by atoms with Gasteiger partial charge in [0.15, 0.2) is 0 Å². The fraction of sp³-hybridized carbons (Fsp3) is 0.524. The van der Waals surface area contributed by atoms with E-state index in [0.29, 0.717) is 12.1 Å². The van der Waals surface area contributed by atoms with Crippen molar-refractivity contribution in [2.45, 2.75) is 57.3 Å². The Hall–Kier alpha value is -2.38. The highest BCUT2D eigenvalue weighted by molar-refractivity contribution is 5.73. The summed E-state index contributed by atoms with van der Waals surface area (Å²) in [5.74, 6) is 1.90. The Kier molecular flexibility index (Phi) is 4.17. The first-order chi connectivity index (χ1) is 13.5. The zero-order chi connectivity index (χ0) is 19.3. The smallest absolute Gasteiger partial charge is 0.132 e. The van der Waals surface area contributed by atoms with Crippen LogP contribution in [0.1, 0.15) is 39.3 Å². The number of nitrogens with zero attached hydrogens (tertiary/aromatic N) is 3. The van der Waals surface area contributed by atoms with Crippen molar-refractivity contribution >= 4 is 11.5 Å². The summed E-state index contributed by atoms with van der Waals surface area (Å²) >= 11 is 0. The van der Waals surface area contributed by atoms with E-state index in [-0.39, 0.29) is 11.6 Å². The molecule has 2 fully saturated rings. The maximum Gasteiger partial charge on any atom is 0.132 e. The van der Waals surface area contributed by atoms with Gasteiger partial charge in [-0.3, -0.25) is 0 Å². The van der Waals surface area contributed by atoms with E-state index in [1.807, 2.05) is 0 Å². The van der Waals surface area contributed by atoms with Gasteiger partial charge in [-0.15, -0.1) is 0 Å². The molecule has 2 aliphatic carbocycles. The van der Waals surface area contributed by atoms with Crippen molar-refractivity contribution in [3.05, 3.63) is 47.6 Å². The fourth-order valence-corrected chi connectivity index (χ4v) is 4.17. The van der Waals surface area contributed by atoms with Crippen molar-refractivity contribution in [1.29, 1.82) is 0 Å². The molecule has 2 aliphatic heterocycles. The number of allylic oxidation sites excluding steroid dienone is 1. The van der Waals surface area contributed by atoms with Crippen molar-refractivity contribution in [3.8, 4) is 0 Å². The molecule has 7 heteroatoms. The first-order valence-corrected chi connectivity index (χ1v) is 10.2. The monoisotopic (exact) mass is 380 g/mol.